The second-order valence-corrected chi connectivity index (χ2v) is 13.7. The number of nitrogens with zero attached hydrogens (tertiary/aromatic N) is 2. The molecule has 0 amide bonds. The molecule has 0 aliphatic rings. The van der Waals surface area contributed by atoms with Gasteiger partial charge in [-0.3, -0.25) is 0 Å². The SMILES string of the molecule is CCCCCCCCCCCCCCCC[N+](C)(C)C.CCCCCCCC[N+](C)(C)Cc1ccccc1.[OH-].[OH-]. The fourth-order valence-electron chi connectivity index (χ4n) is 5.26. The summed E-state index contributed by atoms with van der Waals surface area (Å²) in [5.41, 5.74) is 1.45. The Labute approximate surface area is 252 Å². The molecular formula is C36H74N2O2. The lowest BCUT2D eigenvalue weighted by atomic mass is 10.0. The van der Waals surface area contributed by atoms with Gasteiger partial charge in [-0.05, 0) is 25.7 Å². The summed E-state index contributed by atoms with van der Waals surface area (Å²) in [5, 5.41) is 0. The number of hydrogen-bond acceptors (Lipinski definition) is 2. The molecule has 1 rings (SSSR count). The minimum Gasteiger partial charge on any atom is -0.870 e. The molecule has 1 aromatic rings. The van der Waals surface area contributed by atoms with E-state index in [4.69, 9.17) is 0 Å². The lowest BCUT2D eigenvalue weighted by molar-refractivity contribution is -0.903. The zero-order chi connectivity index (χ0) is 28.4. The minimum atomic E-state index is 0. The summed E-state index contributed by atoms with van der Waals surface area (Å²) in [4.78, 5) is 0. The Morgan fingerprint density at radius 3 is 1.10 bits per heavy atom. The molecule has 0 atom stereocenters. The fraction of sp³-hybridized carbons (Fsp3) is 0.833. The topological polar surface area (TPSA) is 60.0 Å². The summed E-state index contributed by atoms with van der Waals surface area (Å²) >= 11 is 0. The third-order valence-corrected chi connectivity index (χ3v) is 7.75. The van der Waals surface area contributed by atoms with Crippen molar-refractivity contribution in [3.8, 4) is 0 Å². The van der Waals surface area contributed by atoms with Gasteiger partial charge in [-0.25, -0.2) is 0 Å². The second-order valence-electron chi connectivity index (χ2n) is 13.7. The highest BCUT2D eigenvalue weighted by Crippen LogP contribution is 2.14. The van der Waals surface area contributed by atoms with Crippen molar-refractivity contribution in [2.45, 2.75) is 149 Å². The lowest BCUT2D eigenvalue weighted by Crippen LogP contribution is -2.39. The molecular weight excluding hydrogens is 492 g/mol. The van der Waals surface area contributed by atoms with E-state index in [0.717, 1.165) is 15.5 Å². The normalized spacial score (nSPS) is 11.3. The Kier molecular flexibility index (Phi) is 32.1. The van der Waals surface area contributed by atoms with Crippen LogP contribution in [0.15, 0.2) is 30.3 Å². The van der Waals surface area contributed by atoms with Crippen LogP contribution in [-0.4, -0.2) is 68.2 Å². The van der Waals surface area contributed by atoms with E-state index in [-0.39, 0.29) is 11.0 Å². The zero-order valence-corrected chi connectivity index (χ0v) is 28.4. The molecule has 2 N–H and O–H groups in total. The average Bonchev–Trinajstić information content (AvgIpc) is 2.86. The third kappa shape index (κ3) is 33.3. The Balaban J connectivity index is -0.000000654. The van der Waals surface area contributed by atoms with Gasteiger partial charge in [0.15, 0.2) is 0 Å². The summed E-state index contributed by atoms with van der Waals surface area (Å²) in [5.74, 6) is 0. The predicted octanol–water partition coefficient (Wildman–Crippen LogP) is 10.4. The molecule has 4 heteroatoms. The predicted molar refractivity (Wildman–Crippen MR) is 178 cm³/mol. The quantitative estimate of drug-likeness (QED) is 0.0922. The van der Waals surface area contributed by atoms with Gasteiger partial charge < -0.3 is 19.9 Å². The maximum absolute atomic E-state index is 2.35. The van der Waals surface area contributed by atoms with E-state index in [1.54, 1.807) is 0 Å². The van der Waals surface area contributed by atoms with Gasteiger partial charge >= 0.3 is 0 Å². The van der Waals surface area contributed by atoms with Gasteiger partial charge in [0.2, 0.25) is 0 Å². The van der Waals surface area contributed by atoms with Crippen molar-refractivity contribution >= 4 is 0 Å². The molecule has 0 heterocycles. The van der Waals surface area contributed by atoms with Gasteiger partial charge in [0.1, 0.15) is 6.54 Å². The van der Waals surface area contributed by atoms with Gasteiger partial charge in [-0.1, -0.05) is 147 Å². The van der Waals surface area contributed by atoms with Crippen LogP contribution >= 0.6 is 0 Å². The molecule has 1 aromatic carbocycles. The van der Waals surface area contributed by atoms with E-state index in [2.05, 4.69) is 79.4 Å². The van der Waals surface area contributed by atoms with E-state index in [0.29, 0.717) is 0 Å². The largest absolute Gasteiger partial charge is 0.870 e. The molecule has 40 heavy (non-hydrogen) atoms. The standard InChI is InChI=1S/C19H42N.C17H30N.2H2O/c1-5-6-7-8-9-10-11-12-13-14-15-16-17-18-19-20(2,3)4;1-4-5-6-7-8-12-15-18(2,3)16-17-13-10-9-11-14-17;;/h5-19H2,1-4H3;9-11,13-14H,4-8,12,15-16H2,1-3H3;2*1H2/q2*+1;;/p-2. The van der Waals surface area contributed by atoms with Crippen molar-refractivity contribution < 1.29 is 19.9 Å². The molecule has 4 nitrogen and oxygen atoms in total. The van der Waals surface area contributed by atoms with Crippen molar-refractivity contribution in [2.24, 2.45) is 0 Å². The highest BCUT2D eigenvalue weighted by atomic mass is 16.0. The van der Waals surface area contributed by atoms with Crippen LogP contribution in [0.25, 0.3) is 0 Å². The smallest absolute Gasteiger partial charge is 0.104 e. The van der Waals surface area contributed by atoms with Crippen LogP contribution in [0.1, 0.15) is 148 Å². The molecule has 0 aliphatic carbocycles. The van der Waals surface area contributed by atoms with Crippen LogP contribution in [0.2, 0.25) is 0 Å². The first kappa shape index (κ1) is 43.5. The van der Waals surface area contributed by atoms with Crippen molar-refractivity contribution in [3.05, 3.63) is 35.9 Å². The lowest BCUT2D eigenvalue weighted by Gasteiger charge is -2.30. The van der Waals surface area contributed by atoms with E-state index >= 15 is 0 Å². The van der Waals surface area contributed by atoms with Gasteiger partial charge in [-0.2, -0.15) is 0 Å². The molecule has 0 fully saturated rings. The van der Waals surface area contributed by atoms with Crippen LogP contribution in [0.3, 0.4) is 0 Å². The first-order chi connectivity index (χ1) is 18.2. The van der Waals surface area contributed by atoms with Crippen LogP contribution in [-0.2, 0) is 6.54 Å². The molecule has 0 spiro atoms. The molecule has 0 saturated carbocycles. The first-order valence-corrected chi connectivity index (χ1v) is 16.9. The summed E-state index contributed by atoms with van der Waals surface area (Å²) in [7, 11) is 11.6. The molecule has 0 aliphatic heterocycles. The highest BCUT2D eigenvalue weighted by Gasteiger charge is 2.14. The van der Waals surface area contributed by atoms with Gasteiger partial charge in [-0.15, -0.1) is 0 Å². The molecule has 240 valence electrons. The van der Waals surface area contributed by atoms with Crippen LogP contribution in [0.4, 0.5) is 0 Å². The Hall–Kier alpha value is -0.940. The maximum atomic E-state index is 2.35. The number of rotatable bonds is 24. The van der Waals surface area contributed by atoms with Gasteiger partial charge in [0.05, 0.1) is 48.3 Å². The van der Waals surface area contributed by atoms with Crippen LogP contribution < -0.4 is 0 Å². The fourth-order valence-corrected chi connectivity index (χ4v) is 5.26. The molecule has 0 saturated heterocycles. The van der Waals surface area contributed by atoms with Gasteiger partial charge in [0.25, 0.3) is 0 Å². The highest BCUT2D eigenvalue weighted by molar-refractivity contribution is 5.13. The number of benzene rings is 1. The number of hydrogen-bond donors (Lipinski definition) is 0. The minimum absolute atomic E-state index is 0. The summed E-state index contributed by atoms with van der Waals surface area (Å²) in [6.07, 6.45) is 28.7. The number of quaternary nitrogens is 2. The van der Waals surface area contributed by atoms with Crippen molar-refractivity contribution in [1.29, 1.82) is 0 Å². The first-order valence-electron chi connectivity index (χ1n) is 16.9. The molecule has 0 radical (unpaired) electrons. The van der Waals surface area contributed by atoms with Crippen molar-refractivity contribution in [2.75, 3.05) is 48.3 Å². The van der Waals surface area contributed by atoms with E-state index in [1.165, 1.54) is 147 Å². The third-order valence-electron chi connectivity index (χ3n) is 7.75. The Morgan fingerprint density at radius 2 is 0.750 bits per heavy atom. The monoisotopic (exact) mass is 567 g/mol. The van der Waals surface area contributed by atoms with Gasteiger partial charge in [0, 0.05) is 5.56 Å². The van der Waals surface area contributed by atoms with Crippen molar-refractivity contribution in [3.63, 3.8) is 0 Å². The summed E-state index contributed by atoms with van der Waals surface area (Å²) in [6, 6.07) is 10.8. The molecule has 0 aromatic heterocycles. The molecule has 0 unspecified atom stereocenters. The second kappa shape index (κ2) is 29.5. The van der Waals surface area contributed by atoms with Crippen LogP contribution in [0.5, 0.6) is 0 Å². The summed E-state index contributed by atoms with van der Waals surface area (Å²) in [6.45, 7) is 8.34. The van der Waals surface area contributed by atoms with Crippen molar-refractivity contribution in [1.82, 2.24) is 0 Å². The Bertz CT molecular complexity index is 599. The van der Waals surface area contributed by atoms with Crippen LogP contribution in [0, 0.1) is 0 Å². The van der Waals surface area contributed by atoms with E-state index < -0.39 is 0 Å². The number of unbranched alkanes of at least 4 members (excludes halogenated alkanes) is 18. The summed E-state index contributed by atoms with van der Waals surface area (Å²) < 4.78 is 2.23. The molecule has 0 bridgehead atoms. The Morgan fingerprint density at radius 1 is 0.425 bits per heavy atom. The zero-order valence-electron chi connectivity index (χ0n) is 28.4. The maximum Gasteiger partial charge on any atom is 0.104 e. The van der Waals surface area contributed by atoms with E-state index in [9.17, 15) is 0 Å². The average molecular weight is 567 g/mol. The van der Waals surface area contributed by atoms with E-state index in [1.807, 2.05) is 0 Å².